The van der Waals surface area contributed by atoms with Crippen molar-refractivity contribution in [3.8, 4) is 5.69 Å². The molecule has 0 atom stereocenters. The molecule has 0 bridgehead atoms. The number of nitrogens with zero attached hydrogens (tertiary/aromatic N) is 5. The first kappa shape index (κ1) is 18.0. The van der Waals surface area contributed by atoms with Crippen molar-refractivity contribution in [3.05, 3.63) is 63.6 Å². The van der Waals surface area contributed by atoms with Crippen LogP contribution in [0.4, 0.5) is 13.2 Å². The number of hydrogen-bond donors (Lipinski definition) is 1. The number of halogens is 3. The molecule has 146 valence electrons. The van der Waals surface area contributed by atoms with Crippen LogP contribution in [0.5, 0.6) is 0 Å². The number of aryl methyl sites for hydroxylation is 1. The number of amides is 1. The summed E-state index contributed by atoms with van der Waals surface area (Å²) in [5.74, 6) is -1.52. The highest BCUT2D eigenvalue weighted by atomic mass is 19.4. The summed E-state index contributed by atoms with van der Waals surface area (Å²) in [4.78, 5) is 26.3. The molecule has 1 amide bonds. The van der Waals surface area contributed by atoms with Crippen molar-refractivity contribution < 1.29 is 18.0 Å². The normalized spacial score (nSPS) is 14.2. The molecule has 0 aliphatic carbocycles. The average Bonchev–Trinajstić information content (AvgIpc) is 3.24. The van der Waals surface area contributed by atoms with E-state index in [1.165, 1.54) is 15.6 Å². The van der Waals surface area contributed by atoms with Gasteiger partial charge in [-0.05, 0) is 19.1 Å². The molecular weight excluding hydrogens is 377 g/mol. The molecule has 1 aliphatic heterocycles. The van der Waals surface area contributed by atoms with Gasteiger partial charge in [0, 0.05) is 19.2 Å². The van der Waals surface area contributed by atoms with Gasteiger partial charge in [-0.15, -0.1) is 10.2 Å². The number of carbonyl (C=O) groups excluding carboxylic acids is 1. The predicted octanol–water partition coefficient (Wildman–Crippen LogP) is 1.74. The SMILES string of the molecule is Cc1ccc(-n2[nH]c(C(=O)N3CCn4c(nnc4C(F)(F)F)C3)cc2=O)cc1. The molecule has 1 N–H and O–H groups in total. The Morgan fingerprint density at radius 3 is 2.54 bits per heavy atom. The molecule has 4 rings (SSSR count). The molecule has 0 unspecified atom stereocenters. The molecule has 0 saturated heterocycles. The van der Waals surface area contributed by atoms with E-state index < -0.39 is 23.5 Å². The summed E-state index contributed by atoms with van der Waals surface area (Å²) in [6, 6.07) is 8.31. The lowest BCUT2D eigenvalue weighted by Gasteiger charge is -2.27. The Labute approximate surface area is 156 Å². The molecule has 0 radical (unpaired) electrons. The average molecular weight is 392 g/mol. The number of rotatable bonds is 2. The fourth-order valence-electron chi connectivity index (χ4n) is 3.10. The van der Waals surface area contributed by atoms with Crippen LogP contribution in [0.25, 0.3) is 5.69 Å². The Morgan fingerprint density at radius 1 is 1.14 bits per heavy atom. The topological polar surface area (TPSA) is 88.8 Å². The third kappa shape index (κ3) is 3.08. The number of nitrogens with one attached hydrogen (secondary N) is 1. The summed E-state index contributed by atoms with van der Waals surface area (Å²) >= 11 is 0. The number of alkyl halides is 3. The Kier molecular flexibility index (Phi) is 4.09. The summed E-state index contributed by atoms with van der Waals surface area (Å²) in [6.45, 7) is 1.76. The fraction of sp³-hybridized carbons (Fsp3) is 0.294. The second-order valence-corrected chi connectivity index (χ2v) is 6.49. The monoisotopic (exact) mass is 392 g/mol. The highest BCUT2D eigenvalue weighted by molar-refractivity contribution is 5.92. The van der Waals surface area contributed by atoms with Gasteiger partial charge >= 0.3 is 6.18 Å². The van der Waals surface area contributed by atoms with Crippen LogP contribution in [0.2, 0.25) is 0 Å². The maximum atomic E-state index is 12.9. The lowest BCUT2D eigenvalue weighted by Crippen LogP contribution is -2.39. The zero-order chi connectivity index (χ0) is 20.1. The van der Waals surface area contributed by atoms with Gasteiger partial charge in [0.2, 0.25) is 5.82 Å². The van der Waals surface area contributed by atoms with Crippen LogP contribution in [0.1, 0.15) is 27.7 Å². The number of fused-ring (bicyclic) bond motifs is 1. The van der Waals surface area contributed by atoms with Crippen molar-refractivity contribution in [3.63, 3.8) is 0 Å². The summed E-state index contributed by atoms with van der Waals surface area (Å²) in [6.07, 6.45) is -4.60. The summed E-state index contributed by atoms with van der Waals surface area (Å²) in [5.41, 5.74) is 1.24. The lowest BCUT2D eigenvalue weighted by atomic mass is 10.2. The van der Waals surface area contributed by atoms with Gasteiger partial charge in [0.15, 0.2) is 5.82 Å². The second kappa shape index (κ2) is 6.36. The van der Waals surface area contributed by atoms with Crippen LogP contribution in [-0.2, 0) is 19.3 Å². The van der Waals surface area contributed by atoms with Crippen molar-refractivity contribution in [1.29, 1.82) is 0 Å². The Hall–Kier alpha value is -3.37. The number of H-pyrrole nitrogens is 1. The summed E-state index contributed by atoms with van der Waals surface area (Å²) in [5, 5.41) is 9.50. The third-order valence-electron chi connectivity index (χ3n) is 4.54. The van der Waals surface area contributed by atoms with Gasteiger partial charge in [-0.2, -0.15) is 13.2 Å². The van der Waals surface area contributed by atoms with Crippen LogP contribution in [0, 0.1) is 6.92 Å². The van der Waals surface area contributed by atoms with Gasteiger partial charge in [0.25, 0.3) is 11.5 Å². The van der Waals surface area contributed by atoms with Gasteiger partial charge in [-0.25, -0.2) is 4.68 Å². The van der Waals surface area contributed by atoms with Gasteiger partial charge in [-0.3, -0.25) is 14.7 Å². The molecule has 3 aromatic rings. The summed E-state index contributed by atoms with van der Waals surface area (Å²) in [7, 11) is 0. The maximum Gasteiger partial charge on any atom is 0.451 e. The van der Waals surface area contributed by atoms with Crippen molar-refractivity contribution in [2.45, 2.75) is 26.2 Å². The first-order valence-electron chi connectivity index (χ1n) is 8.42. The molecule has 0 saturated carbocycles. The zero-order valence-corrected chi connectivity index (χ0v) is 14.7. The summed E-state index contributed by atoms with van der Waals surface area (Å²) < 4.78 is 40.9. The predicted molar refractivity (Wildman–Crippen MR) is 90.9 cm³/mol. The Bertz CT molecular complexity index is 1090. The van der Waals surface area contributed by atoms with Crippen molar-refractivity contribution in [1.82, 2.24) is 29.4 Å². The van der Waals surface area contributed by atoms with Gasteiger partial charge < -0.3 is 9.47 Å². The lowest BCUT2D eigenvalue weighted by molar-refractivity contribution is -0.147. The number of hydrogen-bond acceptors (Lipinski definition) is 4. The zero-order valence-electron chi connectivity index (χ0n) is 14.7. The smallest absolute Gasteiger partial charge is 0.328 e. The Balaban J connectivity index is 1.58. The molecule has 8 nitrogen and oxygen atoms in total. The van der Waals surface area contributed by atoms with Crippen LogP contribution < -0.4 is 5.56 Å². The highest BCUT2D eigenvalue weighted by Gasteiger charge is 2.40. The van der Waals surface area contributed by atoms with E-state index in [1.807, 2.05) is 19.1 Å². The van der Waals surface area contributed by atoms with Crippen LogP contribution in [-0.4, -0.2) is 41.9 Å². The molecule has 0 fully saturated rings. The minimum absolute atomic E-state index is 0.0463. The minimum atomic E-state index is -4.60. The second-order valence-electron chi connectivity index (χ2n) is 6.49. The van der Waals surface area contributed by atoms with Crippen molar-refractivity contribution >= 4 is 5.91 Å². The number of carbonyl (C=O) groups is 1. The van der Waals surface area contributed by atoms with E-state index in [2.05, 4.69) is 15.3 Å². The van der Waals surface area contributed by atoms with Crippen molar-refractivity contribution in [2.24, 2.45) is 0 Å². The first-order chi connectivity index (χ1) is 13.2. The third-order valence-corrected chi connectivity index (χ3v) is 4.54. The number of benzene rings is 1. The van der Waals surface area contributed by atoms with Crippen LogP contribution in [0.15, 0.2) is 35.1 Å². The number of aromatic nitrogens is 5. The molecule has 1 aliphatic rings. The van der Waals surface area contributed by atoms with Gasteiger partial charge in [0.1, 0.15) is 5.69 Å². The van der Waals surface area contributed by atoms with E-state index in [-0.39, 0.29) is 31.2 Å². The largest absolute Gasteiger partial charge is 0.451 e. The minimum Gasteiger partial charge on any atom is -0.328 e. The number of aromatic amines is 1. The van der Waals surface area contributed by atoms with Gasteiger partial charge in [0.05, 0.1) is 12.2 Å². The quantitative estimate of drug-likeness (QED) is 0.720. The molecule has 11 heteroatoms. The van der Waals surface area contributed by atoms with Crippen LogP contribution in [0.3, 0.4) is 0 Å². The van der Waals surface area contributed by atoms with E-state index in [0.29, 0.717) is 5.69 Å². The van der Waals surface area contributed by atoms with E-state index in [4.69, 9.17) is 0 Å². The van der Waals surface area contributed by atoms with E-state index >= 15 is 0 Å². The first-order valence-corrected chi connectivity index (χ1v) is 8.42. The Morgan fingerprint density at radius 2 is 1.86 bits per heavy atom. The molecule has 2 aromatic heterocycles. The van der Waals surface area contributed by atoms with E-state index in [0.717, 1.165) is 10.1 Å². The van der Waals surface area contributed by atoms with E-state index in [1.54, 1.807) is 12.1 Å². The van der Waals surface area contributed by atoms with E-state index in [9.17, 15) is 22.8 Å². The van der Waals surface area contributed by atoms with Crippen molar-refractivity contribution in [2.75, 3.05) is 6.54 Å². The fourth-order valence-corrected chi connectivity index (χ4v) is 3.10. The maximum absolute atomic E-state index is 12.9. The highest BCUT2D eigenvalue weighted by Crippen LogP contribution is 2.29. The molecule has 3 heterocycles. The molecule has 1 aromatic carbocycles. The molecular formula is C17H15F3N6O2. The van der Waals surface area contributed by atoms with Crippen LogP contribution >= 0.6 is 0 Å². The molecule has 28 heavy (non-hydrogen) atoms. The van der Waals surface area contributed by atoms with Gasteiger partial charge in [-0.1, -0.05) is 17.7 Å². The standard InChI is InChI=1S/C17H15F3N6O2/c1-10-2-4-11(5-3-10)26-14(27)8-12(23-26)15(28)24-6-7-25-13(9-24)21-22-16(25)17(18,19)20/h2-5,8,23H,6-7,9H2,1H3. The molecule has 0 spiro atoms.